The van der Waals surface area contributed by atoms with Crippen molar-refractivity contribution in [2.24, 2.45) is 7.05 Å². The number of aryl methyl sites for hydroxylation is 1. The minimum Gasteiger partial charge on any atom is -0.462 e. The van der Waals surface area contributed by atoms with E-state index in [1.165, 1.54) is 0 Å². The average Bonchev–Trinajstić information content (AvgIpc) is 3.41. The molecule has 0 aliphatic rings. The summed E-state index contributed by atoms with van der Waals surface area (Å²) in [7, 11) is 1.72. The lowest BCUT2D eigenvalue weighted by Crippen LogP contribution is -2.33. The highest BCUT2D eigenvalue weighted by atomic mass is 19.4. The third kappa shape index (κ3) is 7.11. The number of alkyl halides is 3. The molecule has 0 aliphatic heterocycles. The highest BCUT2D eigenvalue weighted by Gasteiger charge is 2.38. The van der Waals surface area contributed by atoms with E-state index in [1.807, 2.05) is 91.0 Å². The highest BCUT2D eigenvalue weighted by Crippen LogP contribution is 2.41. The maximum absolute atomic E-state index is 13.3. The van der Waals surface area contributed by atoms with E-state index in [1.54, 1.807) is 18.7 Å². The van der Waals surface area contributed by atoms with E-state index >= 15 is 0 Å². The Morgan fingerprint density at radius 3 is 1.82 bits per heavy atom. The molecule has 0 radical (unpaired) electrons. The maximum Gasteiger partial charge on any atom is 0.433 e. The monoisotopic (exact) mass is 616 g/mol. The van der Waals surface area contributed by atoms with Crippen LogP contribution in [-0.2, 0) is 52.9 Å². The number of nitrogens with zero attached hydrogens (tertiary/aromatic N) is 4. The molecule has 0 aliphatic carbocycles. The zero-order chi connectivity index (χ0) is 31.9. The van der Waals surface area contributed by atoms with E-state index < -0.39 is 23.4 Å². The summed E-state index contributed by atoms with van der Waals surface area (Å²) >= 11 is 0. The SMILES string of the molecule is CCOC(=O)c1ccc(C(F)(F)F)nc1COCc1nc(COC(c2ccccc2)(c2ccccc2)c2ccccc2)n(C)n1. The molecule has 45 heavy (non-hydrogen) atoms. The van der Waals surface area contributed by atoms with Gasteiger partial charge in [-0.3, -0.25) is 4.68 Å². The van der Waals surface area contributed by atoms with Gasteiger partial charge in [-0.2, -0.15) is 18.3 Å². The molecule has 0 N–H and O–H groups in total. The standard InChI is InChI=1S/C34H31F3N4O4/c1-3-44-32(42)27-19-20-29(34(35,36)37)38-28(27)21-43-22-30-39-31(41(2)40-30)23-45-33(24-13-7-4-8-14-24,25-15-9-5-10-16-25)26-17-11-6-12-18-26/h4-20H,3,21-23H2,1-2H3. The van der Waals surface area contributed by atoms with Crippen LogP contribution in [0.1, 0.15) is 57.0 Å². The van der Waals surface area contributed by atoms with Crippen LogP contribution in [0.5, 0.6) is 0 Å². The number of benzene rings is 3. The van der Waals surface area contributed by atoms with Gasteiger partial charge in [0.2, 0.25) is 0 Å². The van der Waals surface area contributed by atoms with Gasteiger partial charge in [0.15, 0.2) is 11.6 Å². The normalized spacial score (nSPS) is 11.8. The number of carbonyl (C=O) groups excluding carboxylic acids is 1. The largest absolute Gasteiger partial charge is 0.462 e. The van der Waals surface area contributed by atoms with Crippen molar-refractivity contribution >= 4 is 5.97 Å². The molecule has 0 bridgehead atoms. The van der Waals surface area contributed by atoms with Crippen LogP contribution in [0, 0.1) is 0 Å². The summed E-state index contributed by atoms with van der Waals surface area (Å²) in [5.74, 6) is 0.00196. The second kappa shape index (κ2) is 13.8. The van der Waals surface area contributed by atoms with E-state index in [0.717, 1.165) is 28.8 Å². The Kier molecular flexibility index (Phi) is 9.70. The average molecular weight is 617 g/mol. The van der Waals surface area contributed by atoms with Gasteiger partial charge in [0.1, 0.15) is 24.5 Å². The van der Waals surface area contributed by atoms with Crippen LogP contribution in [0.4, 0.5) is 13.2 Å². The first-order valence-electron chi connectivity index (χ1n) is 14.2. The number of ether oxygens (including phenoxy) is 3. The summed E-state index contributed by atoms with van der Waals surface area (Å²) in [6, 6.07) is 31.5. The minimum atomic E-state index is -4.69. The smallest absolute Gasteiger partial charge is 0.433 e. The maximum atomic E-state index is 13.3. The molecule has 5 aromatic rings. The summed E-state index contributed by atoms with van der Waals surface area (Å²) in [4.78, 5) is 20.5. The van der Waals surface area contributed by atoms with Gasteiger partial charge < -0.3 is 14.2 Å². The summed E-state index contributed by atoms with van der Waals surface area (Å²) in [5, 5.41) is 4.41. The predicted octanol–water partition coefficient (Wildman–Crippen LogP) is 6.63. The van der Waals surface area contributed by atoms with E-state index in [4.69, 9.17) is 14.2 Å². The van der Waals surface area contributed by atoms with Crippen LogP contribution < -0.4 is 0 Å². The molecular weight excluding hydrogens is 585 g/mol. The molecule has 2 aromatic heterocycles. The van der Waals surface area contributed by atoms with Gasteiger partial charge in [-0.05, 0) is 35.7 Å². The van der Waals surface area contributed by atoms with Crippen LogP contribution in [0.3, 0.4) is 0 Å². The second-order valence-corrected chi connectivity index (χ2v) is 10.0. The minimum absolute atomic E-state index is 0.0585. The lowest BCUT2D eigenvalue weighted by atomic mass is 9.80. The number of carbonyl (C=O) groups is 1. The fourth-order valence-electron chi connectivity index (χ4n) is 5.01. The van der Waals surface area contributed by atoms with Crippen molar-refractivity contribution in [3.8, 4) is 0 Å². The van der Waals surface area contributed by atoms with Gasteiger partial charge in [0.05, 0.1) is 24.5 Å². The molecule has 0 amide bonds. The molecule has 0 saturated carbocycles. The first-order chi connectivity index (χ1) is 21.7. The van der Waals surface area contributed by atoms with Gasteiger partial charge in [-0.25, -0.2) is 14.8 Å². The van der Waals surface area contributed by atoms with Gasteiger partial charge in [0.25, 0.3) is 0 Å². The molecule has 11 heteroatoms. The number of hydrogen-bond acceptors (Lipinski definition) is 7. The molecule has 0 spiro atoms. The van der Waals surface area contributed by atoms with Crippen LogP contribution in [0.15, 0.2) is 103 Å². The first-order valence-corrected chi connectivity index (χ1v) is 14.2. The number of halogens is 3. The van der Waals surface area contributed by atoms with Crippen molar-refractivity contribution in [2.45, 2.75) is 38.5 Å². The Balaban J connectivity index is 1.38. The van der Waals surface area contributed by atoms with Crippen molar-refractivity contribution in [3.63, 3.8) is 0 Å². The van der Waals surface area contributed by atoms with Gasteiger partial charge in [-0.1, -0.05) is 91.0 Å². The fourth-order valence-corrected chi connectivity index (χ4v) is 5.01. The molecule has 8 nitrogen and oxygen atoms in total. The summed E-state index contributed by atoms with van der Waals surface area (Å²) < 4.78 is 58.9. The molecule has 232 valence electrons. The van der Waals surface area contributed by atoms with Crippen molar-refractivity contribution in [1.82, 2.24) is 19.7 Å². The third-order valence-corrected chi connectivity index (χ3v) is 7.09. The highest BCUT2D eigenvalue weighted by molar-refractivity contribution is 5.90. The van der Waals surface area contributed by atoms with Gasteiger partial charge in [0, 0.05) is 7.05 Å². The topological polar surface area (TPSA) is 88.4 Å². The molecule has 5 rings (SSSR count). The van der Waals surface area contributed by atoms with E-state index in [0.29, 0.717) is 5.82 Å². The van der Waals surface area contributed by atoms with Gasteiger partial charge in [-0.15, -0.1) is 0 Å². The first kappa shape index (κ1) is 31.6. The molecule has 0 fully saturated rings. The van der Waals surface area contributed by atoms with Crippen molar-refractivity contribution < 1.29 is 32.2 Å². The van der Waals surface area contributed by atoms with Crippen LogP contribution in [-0.4, -0.2) is 32.3 Å². The Bertz CT molecular complexity index is 1620. The van der Waals surface area contributed by atoms with Gasteiger partial charge >= 0.3 is 12.1 Å². The number of aromatic nitrogens is 4. The zero-order valence-electron chi connectivity index (χ0n) is 24.7. The molecule has 0 saturated heterocycles. The number of rotatable bonds is 12. The van der Waals surface area contributed by atoms with Crippen LogP contribution in [0.25, 0.3) is 0 Å². The van der Waals surface area contributed by atoms with Crippen molar-refractivity contribution in [2.75, 3.05) is 6.61 Å². The third-order valence-electron chi connectivity index (χ3n) is 7.09. The quantitative estimate of drug-likeness (QED) is 0.115. The Morgan fingerprint density at radius 1 is 0.756 bits per heavy atom. The van der Waals surface area contributed by atoms with Crippen LogP contribution >= 0.6 is 0 Å². The summed E-state index contributed by atoms with van der Waals surface area (Å²) in [5.41, 5.74) is 0.388. The van der Waals surface area contributed by atoms with Crippen LogP contribution in [0.2, 0.25) is 0 Å². The predicted molar refractivity (Wildman–Crippen MR) is 159 cm³/mol. The van der Waals surface area contributed by atoms with E-state index in [-0.39, 0.29) is 43.5 Å². The van der Waals surface area contributed by atoms with E-state index in [9.17, 15) is 18.0 Å². The van der Waals surface area contributed by atoms with E-state index in [2.05, 4.69) is 15.1 Å². The number of esters is 1. The molecule has 0 unspecified atom stereocenters. The van der Waals surface area contributed by atoms with Crippen molar-refractivity contribution in [3.05, 3.63) is 148 Å². The Hall–Kier alpha value is -4.87. The fraction of sp³-hybridized carbons (Fsp3) is 0.235. The zero-order valence-corrected chi connectivity index (χ0v) is 24.7. The number of hydrogen-bond donors (Lipinski definition) is 0. The molecule has 0 atom stereocenters. The molecule has 2 heterocycles. The summed E-state index contributed by atoms with van der Waals surface area (Å²) in [6.45, 7) is 1.20. The Morgan fingerprint density at radius 2 is 1.31 bits per heavy atom. The number of pyridine rings is 1. The van der Waals surface area contributed by atoms with Crippen molar-refractivity contribution in [1.29, 1.82) is 0 Å². The molecular formula is C34H31F3N4O4. The lowest BCUT2D eigenvalue weighted by Gasteiger charge is -2.35. The lowest BCUT2D eigenvalue weighted by molar-refractivity contribution is -0.141. The second-order valence-electron chi connectivity index (χ2n) is 10.0. The molecule has 3 aromatic carbocycles. The Labute approximate surface area is 258 Å². The summed E-state index contributed by atoms with van der Waals surface area (Å²) in [6.07, 6.45) is -4.69.